The van der Waals surface area contributed by atoms with Crippen molar-refractivity contribution in [1.82, 2.24) is 14.9 Å². The molecule has 158 valence electrons. The molecule has 0 aliphatic heterocycles. The van der Waals surface area contributed by atoms with E-state index in [0.717, 1.165) is 11.8 Å². The molecule has 0 aliphatic carbocycles. The Morgan fingerprint density at radius 2 is 1.94 bits per heavy atom. The van der Waals surface area contributed by atoms with Gasteiger partial charge in [0.1, 0.15) is 10.5 Å². The van der Waals surface area contributed by atoms with Gasteiger partial charge in [0.25, 0.3) is 5.56 Å². The fraction of sp³-hybridized carbons (Fsp3) is 0.0952. The molecule has 10 heteroatoms. The summed E-state index contributed by atoms with van der Waals surface area (Å²) >= 11 is 14.2. The highest BCUT2D eigenvalue weighted by molar-refractivity contribution is 7.99. The number of benzene rings is 2. The molecule has 0 bridgehead atoms. The van der Waals surface area contributed by atoms with Crippen LogP contribution < -0.4 is 10.9 Å². The van der Waals surface area contributed by atoms with Crippen molar-refractivity contribution in [1.29, 1.82) is 0 Å². The molecule has 0 spiro atoms. The van der Waals surface area contributed by atoms with Crippen LogP contribution in [0.4, 0.5) is 4.39 Å². The molecule has 0 fully saturated rings. The lowest BCUT2D eigenvalue weighted by Gasteiger charge is -2.12. The van der Waals surface area contributed by atoms with Crippen LogP contribution >= 0.6 is 46.3 Å². The molecule has 2 aromatic heterocycles. The summed E-state index contributed by atoms with van der Waals surface area (Å²) in [6.07, 6.45) is 0. The lowest BCUT2D eigenvalue weighted by molar-refractivity contribution is -0.118. The van der Waals surface area contributed by atoms with Crippen LogP contribution in [0.25, 0.3) is 15.9 Å². The third kappa shape index (κ3) is 4.93. The highest BCUT2D eigenvalue weighted by Crippen LogP contribution is 2.24. The normalized spacial score (nSPS) is 11.1. The highest BCUT2D eigenvalue weighted by Gasteiger charge is 2.16. The molecule has 2 aromatic carbocycles. The lowest BCUT2D eigenvalue weighted by Crippen LogP contribution is -2.26. The van der Waals surface area contributed by atoms with Crippen molar-refractivity contribution in [3.05, 3.63) is 85.7 Å². The van der Waals surface area contributed by atoms with E-state index in [0.29, 0.717) is 31.6 Å². The van der Waals surface area contributed by atoms with E-state index in [4.69, 9.17) is 23.2 Å². The van der Waals surface area contributed by atoms with Crippen LogP contribution in [0.3, 0.4) is 0 Å². The number of thiophene rings is 1. The number of amides is 1. The fourth-order valence-corrected chi connectivity index (χ4v) is 4.77. The number of hydrogen-bond donors (Lipinski definition) is 1. The second-order valence-electron chi connectivity index (χ2n) is 6.46. The molecule has 0 radical (unpaired) electrons. The molecule has 1 amide bonds. The number of nitrogens with one attached hydrogen (secondary N) is 1. The van der Waals surface area contributed by atoms with Crippen LogP contribution in [0.2, 0.25) is 10.0 Å². The Morgan fingerprint density at radius 1 is 1.16 bits per heavy atom. The predicted octanol–water partition coefficient (Wildman–Crippen LogP) is 5.30. The van der Waals surface area contributed by atoms with Gasteiger partial charge in [0.15, 0.2) is 5.16 Å². The lowest BCUT2D eigenvalue weighted by atomic mass is 10.2. The summed E-state index contributed by atoms with van der Waals surface area (Å²) in [6, 6.07) is 12.9. The number of halogens is 3. The molecule has 4 aromatic rings. The Hall–Kier alpha value is -2.39. The second-order valence-corrected chi connectivity index (χ2v) is 9.16. The highest BCUT2D eigenvalue weighted by atomic mass is 35.5. The van der Waals surface area contributed by atoms with Gasteiger partial charge in [-0.3, -0.25) is 14.2 Å². The Bertz CT molecular complexity index is 1320. The SMILES string of the molecule is O=C(CSc1nc2ccsc2c(=O)n1-c1ccc(Cl)cc1)NCc1ccc(F)c(Cl)c1. The van der Waals surface area contributed by atoms with E-state index in [2.05, 4.69) is 10.3 Å². The number of nitrogens with zero attached hydrogens (tertiary/aromatic N) is 2. The first-order valence-electron chi connectivity index (χ1n) is 9.02. The number of aromatic nitrogens is 2. The molecule has 31 heavy (non-hydrogen) atoms. The van der Waals surface area contributed by atoms with Crippen LogP contribution in [0.15, 0.2) is 63.9 Å². The zero-order valence-corrected chi connectivity index (χ0v) is 18.9. The number of carbonyl (C=O) groups excluding carboxylic acids is 1. The minimum Gasteiger partial charge on any atom is -0.351 e. The van der Waals surface area contributed by atoms with E-state index >= 15 is 0 Å². The van der Waals surface area contributed by atoms with Gasteiger partial charge < -0.3 is 5.32 Å². The number of rotatable bonds is 6. The standard InChI is InChI=1S/C21H14Cl2FN3O2S2/c22-13-2-4-14(5-3-13)27-20(29)19-17(7-8-30-19)26-21(27)31-11-18(28)25-10-12-1-6-16(24)15(23)9-12/h1-9H,10-11H2,(H,25,28). The van der Waals surface area contributed by atoms with Crippen LogP contribution in [0.5, 0.6) is 0 Å². The molecule has 0 saturated carbocycles. The Morgan fingerprint density at radius 3 is 2.68 bits per heavy atom. The first-order chi connectivity index (χ1) is 14.9. The molecule has 0 aliphatic rings. The minimum atomic E-state index is -0.512. The Balaban J connectivity index is 1.54. The molecular formula is C21H14Cl2FN3O2S2. The summed E-state index contributed by atoms with van der Waals surface area (Å²) in [5.74, 6) is -0.722. The van der Waals surface area contributed by atoms with Gasteiger partial charge >= 0.3 is 0 Å². The van der Waals surface area contributed by atoms with Gasteiger partial charge in [0, 0.05) is 11.6 Å². The van der Waals surface area contributed by atoms with Crippen LogP contribution in [-0.2, 0) is 11.3 Å². The first-order valence-corrected chi connectivity index (χ1v) is 11.6. The summed E-state index contributed by atoms with van der Waals surface area (Å²) in [4.78, 5) is 30.0. The van der Waals surface area contributed by atoms with E-state index in [1.807, 2.05) is 0 Å². The quantitative estimate of drug-likeness (QED) is 0.292. The topological polar surface area (TPSA) is 64.0 Å². The van der Waals surface area contributed by atoms with Crippen LogP contribution in [-0.4, -0.2) is 21.2 Å². The first kappa shape index (κ1) is 21.8. The Labute approximate surface area is 194 Å². The summed E-state index contributed by atoms with van der Waals surface area (Å²) in [7, 11) is 0. The van der Waals surface area contributed by atoms with Crippen LogP contribution in [0.1, 0.15) is 5.56 Å². The van der Waals surface area contributed by atoms with Gasteiger partial charge in [-0.2, -0.15) is 0 Å². The zero-order chi connectivity index (χ0) is 22.0. The van der Waals surface area contributed by atoms with Gasteiger partial charge in [-0.1, -0.05) is 41.0 Å². The Kier molecular flexibility index (Phi) is 6.62. The van der Waals surface area contributed by atoms with E-state index in [9.17, 15) is 14.0 Å². The van der Waals surface area contributed by atoms with Crippen molar-refractivity contribution < 1.29 is 9.18 Å². The van der Waals surface area contributed by atoms with Crippen molar-refractivity contribution >= 4 is 62.4 Å². The van der Waals surface area contributed by atoms with Crippen molar-refractivity contribution in [2.75, 3.05) is 5.75 Å². The molecule has 0 saturated heterocycles. The number of fused-ring (bicyclic) bond motifs is 1. The number of thioether (sulfide) groups is 1. The zero-order valence-electron chi connectivity index (χ0n) is 15.8. The maximum Gasteiger partial charge on any atom is 0.276 e. The third-order valence-corrected chi connectivity index (χ3v) is 6.71. The van der Waals surface area contributed by atoms with Crippen molar-refractivity contribution in [2.24, 2.45) is 0 Å². The van der Waals surface area contributed by atoms with E-state index in [1.165, 1.54) is 28.0 Å². The second kappa shape index (κ2) is 9.40. The van der Waals surface area contributed by atoms with E-state index in [1.54, 1.807) is 41.8 Å². The number of hydrogen-bond acceptors (Lipinski definition) is 5. The summed E-state index contributed by atoms with van der Waals surface area (Å²) in [5.41, 5.74) is 1.68. The van der Waals surface area contributed by atoms with E-state index < -0.39 is 5.82 Å². The van der Waals surface area contributed by atoms with Gasteiger partial charge in [-0.25, -0.2) is 9.37 Å². The summed E-state index contributed by atoms with van der Waals surface area (Å²) in [5, 5.41) is 5.52. The van der Waals surface area contributed by atoms with Gasteiger partial charge in [-0.15, -0.1) is 11.3 Å². The maximum atomic E-state index is 13.3. The molecular weight excluding hydrogens is 480 g/mol. The maximum absolute atomic E-state index is 13.3. The monoisotopic (exact) mass is 493 g/mol. The minimum absolute atomic E-state index is 0.00127. The largest absolute Gasteiger partial charge is 0.351 e. The van der Waals surface area contributed by atoms with Crippen molar-refractivity contribution in [3.63, 3.8) is 0 Å². The van der Waals surface area contributed by atoms with Gasteiger partial charge in [-0.05, 0) is 53.4 Å². The molecule has 5 nitrogen and oxygen atoms in total. The predicted molar refractivity (Wildman–Crippen MR) is 124 cm³/mol. The molecule has 0 unspecified atom stereocenters. The third-order valence-electron chi connectivity index (χ3n) is 4.34. The average molecular weight is 494 g/mol. The molecule has 4 rings (SSSR count). The van der Waals surface area contributed by atoms with Gasteiger partial charge in [0.05, 0.1) is 22.0 Å². The van der Waals surface area contributed by atoms with Gasteiger partial charge in [0.2, 0.25) is 5.91 Å². The summed E-state index contributed by atoms with van der Waals surface area (Å²) < 4.78 is 15.3. The average Bonchev–Trinajstić information content (AvgIpc) is 3.23. The van der Waals surface area contributed by atoms with Crippen molar-refractivity contribution in [3.8, 4) is 5.69 Å². The summed E-state index contributed by atoms with van der Waals surface area (Å²) in [6.45, 7) is 0.209. The van der Waals surface area contributed by atoms with E-state index in [-0.39, 0.29) is 28.8 Å². The molecule has 0 atom stereocenters. The van der Waals surface area contributed by atoms with Crippen LogP contribution in [0, 0.1) is 5.82 Å². The molecule has 1 N–H and O–H groups in total. The van der Waals surface area contributed by atoms with Crippen molar-refractivity contribution in [2.45, 2.75) is 11.7 Å². The number of carbonyl (C=O) groups is 1. The smallest absolute Gasteiger partial charge is 0.276 e. The fourth-order valence-electron chi connectivity index (χ4n) is 2.84. The molecule has 2 heterocycles.